The molecule has 0 amide bonds. The fourth-order valence-corrected chi connectivity index (χ4v) is 2.54. The minimum Gasteiger partial charge on any atom is -0.391 e. The molecule has 0 aliphatic heterocycles. The fourth-order valence-electron chi connectivity index (χ4n) is 2.54. The number of hydrogen-bond donors (Lipinski definition) is 3. The van der Waals surface area contributed by atoms with Crippen LogP contribution in [0.2, 0.25) is 0 Å². The van der Waals surface area contributed by atoms with Crippen LogP contribution < -0.4 is 5.73 Å². The summed E-state index contributed by atoms with van der Waals surface area (Å²) < 4.78 is 0. The summed E-state index contributed by atoms with van der Waals surface area (Å²) in [7, 11) is 0. The van der Waals surface area contributed by atoms with Crippen molar-refractivity contribution in [3.8, 4) is 0 Å². The van der Waals surface area contributed by atoms with E-state index in [0.717, 1.165) is 23.9 Å². The molecule has 3 rings (SSSR count). The highest BCUT2D eigenvalue weighted by molar-refractivity contribution is 5.85. The molecule has 2 atom stereocenters. The average molecular weight is 267 g/mol. The van der Waals surface area contributed by atoms with Crippen LogP contribution in [0.5, 0.6) is 0 Å². The highest BCUT2D eigenvalue weighted by atomic mass is 35.5. The van der Waals surface area contributed by atoms with Crippen LogP contribution in [0, 0.1) is 5.92 Å². The van der Waals surface area contributed by atoms with E-state index in [4.69, 9.17) is 5.73 Å². The standard InChI is InChI=1S/C14H18N2O.ClH/c15-13(14(17)10-2-1-3-10)11-5-4-9-6-7-16-12(9)8-11;/h4-8,10,13-14,16-17H,1-3,15H2;1H/t13-,14+;/m1./s1. The van der Waals surface area contributed by atoms with Gasteiger partial charge in [-0.05, 0) is 41.8 Å². The highest BCUT2D eigenvalue weighted by Gasteiger charge is 2.30. The quantitative estimate of drug-likeness (QED) is 0.800. The van der Waals surface area contributed by atoms with Gasteiger partial charge in [0, 0.05) is 11.7 Å². The van der Waals surface area contributed by atoms with Crippen molar-refractivity contribution in [3.63, 3.8) is 0 Å². The van der Waals surface area contributed by atoms with Gasteiger partial charge in [-0.1, -0.05) is 18.6 Å². The molecule has 4 heteroatoms. The maximum absolute atomic E-state index is 10.2. The van der Waals surface area contributed by atoms with E-state index in [2.05, 4.69) is 11.1 Å². The smallest absolute Gasteiger partial charge is 0.0760 e. The minimum absolute atomic E-state index is 0. The number of fused-ring (bicyclic) bond motifs is 1. The zero-order valence-corrected chi connectivity index (χ0v) is 11.0. The third-order valence-corrected chi connectivity index (χ3v) is 3.96. The van der Waals surface area contributed by atoms with Crippen LogP contribution in [-0.4, -0.2) is 16.2 Å². The summed E-state index contributed by atoms with van der Waals surface area (Å²) in [6.45, 7) is 0. The molecule has 2 aromatic rings. The van der Waals surface area contributed by atoms with Crippen molar-refractivity contribution in [1.82, 2.24) is 4.98 Å². The first-order valence-corrected chi connectivity index (χ1v) is 6.26. The highest BCUT2D eigenvalue weighted by Crippen LogP contribution is 2.34. The number of rotatable bonds is 3. The molecule has 0 radical (unpaired) electrons. The van der Waals surface area contributed by atoms with E-state index in [1.54, 1.807) is 0 Å². The van der Waals surface area contributed by atoms with Crippen molar-refractivity contribution < 1.29 is 5.11 Å². The van der Waals surface area contributed by atoms with Gasteiger partial charge in [0.2, 0.25) is 0 Å². The van der Waals surface area contributed by atoms with Crippen molar-refractivity contribution in [2.24, 2.45) is 11.7 Å². The number of aliphatic hydroxyl groups excluding tert-OH is 1. The first kappa shape index (κ1) is 13.4. The fraction of sp³-hybridized carbons (Fsp3) is 0.429. The number of hydrogen-bond acceptors (Lipinski definition) is 2. The second-order valence-corrected chi connectivity index (χ2v) is 5.03. The number of halogens is 1. The van der Waals surface area contributed by atoms with Gasteiger partial charge in [-0.15, -0.1) is 12.4 Å². The largest absolute Gasteiger partial charge is 0.391 e. The molecule has 1 heterocycles. The number of nitrogens with two attached hydrogens (primary N) is 1. The Hall–Kier alpha value is -1.03. The summed E-state index contributed by atoms with van der Waals surface area (Å²) in [5, 5.41) is 11.4. The van der Waals surface area contributed by atoms with E-state index in [9.17, 15) is 5.11 Å². The Kier molecular flexibility index (Phi) is 3.95. The molecule has 0 spiro atoms. The number of benzene rings is 1. The van der Waals surface area contributed by atoms with Crippen LogP contribution in [-0.2, 0) is 0 Å². The van der Waals surface area contributed by atoms with Gasteiger partial charge in [0.15, 0.2) is 0 Å². The Bertz CT molecular complexity index is 521. The molecule has 0 unspecified atom stereocenters. The molecule has 98 valence electrons. The van der Waals surface area contributed by atoms with Gasteiger partial charge >= 0.3 is 0 Å². The molecular formula is C14H19ClN2O. The van der Waals surface area contributed by atoms with E-state index in [-0.39, 0.29) is 18.4 Å². The third kappa shape index (κ3) is 2.26. The monoisotopic (exact) mass is 266 g/mol. The Balaban J connectivity index is 0.00000120. The van der Waals surface area contributed by atoms with Crippen molar-refractivity contribution in [2.75, 3.05) is 0 Å². The molecule has 1 aliphatic carbocycles. The van der Waals surface area contributed by atoms with E-state index >= 15 is 0 Å². The van der Waals surface area contributed by atoms with Crippen LogP contribution in [0.3, 0.4) is 0 Å². The lowest BCUT2D eigenvalue weighted by Gasteiger charge is -2.33. The molecule has 1 fully saturated rings. The molecule has 1 saturated carbocycles. The molecule has 0 bridgehead atoms. The number of aliphatic hydroxyl groups is 1. The third-order valence-electron chi connectivity index (χ3n) is 3.96. The Morgan fingerprint density at radius 3 is 2.72 bits per heavy atom. The van der Waals surface area contributed by atoms with Crippen LogP contribution in [0.15, 0.2) is 30.5 Å². The lowest BCUT2D eigenvalue weighted by molar-refractivity contribution is 0.0414. The van der Waals surface area contributed by atoms with Crippen LogP contribution in [0.25, 0.3) is 10.9 Å². The normalized spacial score (nSPS) is 19.0. The van der Waals surface area contributed by atoms with E-state index in [1.807, 2.05) is 24.4 Å². The molecule has 1 aromatic heterocycles. The van der Waals surface area contributed by atoms with Crippen LogP contribution in [0.1, 0.15) is 30.9 Å². The zero-order chi connectivity index (χ0) is 11.8. The predicted octanol–water partition coefficient (Wildman–Crippen LogP) is 2.75. The summed E-state index contributed by atoms with van der Waals surface area (Å²) >= 11 is 0. The van der Waals surface area contributed by atoms with Crippen molar-refractivity contribution in [2.45, 2.75) is 31.4 Å². The SMILES string of the molecule is Cl.N[C@H](c1ccc2cc[nH]c2c1)[C@@H](O)C1CCC1. The molecule has 18 heavy (non-hydrogen) atoms. The maximum atomic E-state index is 10.2. The van der Waals surface area contributed by atoms with Gasteiger partial charge in [-0.3, -0.25) is 0 Å². The molecule has 4 N–H and O–H groups in total. The van der Waals surface area contributed by atoms with Gasteiger partial charge in [0.1, 0.15) is 0 Å². The molecular weight excluding hydrogens is 248 g/mol. The first-order chi connectivity index (χ1) is 8.25. The predicted molar refractivity (Wildman–Crippen MR) is 75.8 cm³/mol. The van der Waals surface area contributed by atoms with Crippen molar-refractivity contribution in [1.29, 1.82) is 0 Å². The van der Waals surface area contributed by atoms with Crippen molar-refractivity contribution in [3.05, 3.63) is 36.0 Å². The maximum Gasteiger partial charge on any atom is 0.0760 e. The van der Waals surface area contributed by atoms with E-state index in [1.165, 1.54) is 11.8 Å². The summed E-state index contributed by atoms with van der Waals surface area (Å²) in [5.41, 5.74) is 8.24. The van der Waals surface area contributed by atoms with Gasteiger partial charge in [-0.25, -0.2) is 0 Å². The molecule has 0 saturated heterocycles. The number of aromatic amines is 1. The first-order valence-electron chi connectivity index (χ1n) is 6.26. The van der Waals surface area contributed by atoms with Gasteiger partial charge in [0.05, 0.1) is 12.1 Å². The topological polar surface area (TPSA) is 62.0 Å². The Morgan fingerprint density at radius 1 is 1.28 bits per heavy atom. The molecule has 1 aromatic carbocycles. The average Bonchev–Trinajstić information content (AvgIpc) is 2.72. The Labute approximate surface area is 113 Å². The lowest BCUT2D eigenvalue weighted by atomic mass is 9.77. The number of H-pyrrole nitrogens is 1. The summed E-state index contributed by atoms with van der Waals surface area (Å²) in [4.78, 5) is 3.17. The van der Waals surface area contributed by atoms with E-state index in [0.29, 0.717) is 5.92 Å². The van der Waals surface area contributed by atoms with Crippen LogP contribution in [0.4, 0.5) is 0 Å². The summed E-state index contributed by atoms with van der Waals surface area (Å²) in [6.07, 6.45) is 4.96. The Morgan fingerprint density at radius 2 is 2.06 bits per heavy atom. The molecule has 1 aliphatic rings. The summed E-state index contributed by atoms with van der Waals surface area (Å²) in [5.74, 6) is 0.393. The number of aromatic nitrogens is 1. The van der Waals surface area contributed by atoms with Gasteiger partial charge < -0.3 is 15.8 Å². The second kappa shape index (κ2) is 5.31. The summed E-state index contributed by atoms with van der Waals surface area (Å²) in [6, 6.07) is 7.87. The van der Waals surface area contributed by atoms with E-state index < -0.39 is 6.10 Å². The van der Waals surface area contributed by atoms with Crippen molar-refractivity contribution >= 4 is 23.3 Å². The second-order valence-electron chi connectivity index (χ2n) is 5.03. The van der Waals surface area contributed by atoms with Gasteiger partial charge in [-0.2, -0.15) is 0 Å². The van der Waals surface area contributed by atoms with Gasteiger partial charge in [0.25, 0.3) is 0 Å². The minimum atomic E-state index is -0.406. The molecule has 3 nitrogen and oxygen atoms in total. The zero-order valence-electron chi connectivity index (χ0n) is 10.2. The van der Waals surface area contributed by atoms with Crippen LogP contribution >= 0.6 is 12.4 Å². The lowest BCUT2D eigenvalue weighted by Crippen LogP contribution is -2.36. The number of nitrogens with one attached hydrogen (secondary N) is 1.